The lowest BCUT2D eigenvalue weighted by Crippen LogP contribution is -2.53. The molecule has 0 spiro atoms. The second kappa shape index (κ2) is 8.34. The molecule has 0 aromatic carbocycles. The van der Waals surface area contributed by atoms with Crippen LogP contribution in [0.25, 0.3) is 0 Å². The Hall–Kier alpha value is -1.68. The minimum Gasteiger partial charge on any atom is -0.338 e. The quantitative estimate of drug-likeness (QED) is 0.783. The first-order valence-corrected chi connectivity index (χ1v) is 11.0. The van der Waals surface area contributed by atoms with E-state index in [1.807, 2.05) is 0 Å². The summed E-state index contributed by atoms with van der Waals surface area (Å²) in [6.07, 6.45) is 5.16. The molecule has 2 aliphatic heterocycles. The molecule has 0 saturated carbocycles. The zero-order valence-electron chi connectivity index (χ0n) is 15.4. The van der Waals surface area contributed by atoms with Crippen LogP contribution in [0.3, 0.4) is 0 Å². The Kier molecular flexibility index (Phi) is 6.13. The standard InChI is InChI=1S/C16H28N6O3S/c1-2-26(24,25)21-12-10-20(11-13-21)16(23)17-8-7-15-19-18-14-6-4-3-5-9-22(14)15/h2-13H2,1H3,(H,17,23). The van der Waals surface area contributed by atoms with E-state index >= 15 is 0 Å². The van der Waals surface area contributed by atoms with E-state index in [9.17, 15) is 13.2 Å². The number of aromatic nitrogens is 3. The zero-order chi connectivity index (χ0) is 18.6. The van der Waals surface area contributed by atoms with Gasteiger partial charge >= 0.3 is 6.03 Å². The maximum atomic E-state index is 12.3. The van der Waals surface area contributed by atoms with Gasteiger partial charge in [-0.1, -0.05) is 6.42 Å². The summed E-state index contributed by atoms with van der Waals surface area (Å²) in [6, 6.07) is -0.144. The van der Waals surface area contributed by atoms with Gasteiger partial charge in [-0.15, -0.1) is 10.2 Å². The minimum absolute atomic E-state index is 0.0991. The number of piperazine rings is 1. The predicted octanol–water partition coefficient (Wildman–Crippen LogP) is 0.224. The van der Waals surface area contributed by atoms with Crippen LogP contribution in [0, 0.1) is 0 Å². The Balaban J connectivity index is 1.45. The highest BCUT2D eigenvalue weighted by molar-refractivity contribution is 7.89. The summed E-state index contributed by atoms with van der Waals surface area (Å²) in [7, 11) is -3.17. The third-order valence-electron chi connectivity index (χ3n) is 5.09. The number of urea groups is 1. The summed E-state index contributed by atoms with van der Waals surface area (Å²) in [5, 5.41) is 11.5. The number of nitrogens with one attached hydrogen (secondary N) is 1. The summed E-state index contributed by atoms with van der Waals surface area (Å²) in [5.74, 6) is 2.08. The van der Waals surface area contributed by atoms with Gasteiger partial charge in [0.25, 0.3) is 0 Å². The van der Waals surface area contributed by atoms with Crippen molar-refractivity contribution in [3.8, 4) is 0 Å². The van der Waals surface area contributed by atoms with Gasteiger partial charge in [0.1, 0.15) is 11.6 Å². The molecule has 146 valence electrons. The summed E-state index contributed by atoms with van der Waals surface area (Å²) < 4.78 is 27.4. The number of fused-ring (bicyclic) bond motifs is 1. The van der Waals surface area contributed by atoms with Crippen molar-refractivity contribution in [2.24, 2.45) is 0 Å². The van der Waals surface area contributed by atoms with Crippen LogP contribution in [-0.2, 0) is 29.4 Å². The fourth-order valence-corrected chi connectivity index (χ4v) is 4.56. The van der Waals surface area contributed by atoms with Crippen molar-refractivity contribution in [3.05, 3.63) is 11.6 Å². The van der Waals surface area contributed by atoms with E-state index in [1.54, 1.807) is 11.8 Å². The summed E-state index contributed by atoms with van der Waals surface area (Å²) >= 11 is 0. The number of hydrogen-bond acceptors (Lipinski definition) is 5. The van der Waals surface area contributed by atoms with Crippen molar-refractivity contribution in [3.63, 3.8) is 0 Å². The lowest BCUT2D eigenvalue weighted by Gasteiger charge is -2.33. The number of nitrogens with zero attached hydrogens (tertiary/aromatic N) is 5. The molecule has 0 unspecified atom stereocenters. The molecule has 26 heavy (non-hydrogen) atoms. The van der Waals surface area contributed by atoms with Gasteiger partial charge in [-0.3, -0.25) is 0 Å². The van der Waals surface area contributed by atoms with E-state index in [0.29, 0.717) is 39.1 Å². The highest BCUT2D eigenvalue weighted by atomic mass is 32.2. The molecule has 9 nitrogen and oxygen atoms in total. The van der Waals surface area contributed by atoms with Gasteiger partial charge in [-0.25, -0.2) is 13.2 Å². The average molecular weight is 385 g/mol. The Morgan fingerprint density at radius 2 is 1.85 bits per heavy atom. The first kappa shape index (κ1) is 19.1. The van der Waals surface area contributed by atoms with Crippen molar-refractivity contribution >= 4 is 16.1 Å². The van der Waals surface area contributed by atoms with E-state index in [-0.39, 0.29) is 11.8 Å². The molecule has 2 aliphatic rings. The number of carbonyl (C=O) groups excluding carboxylic acids is 1. The Bertz CT molecular complexity index is 724. The smallest absolute Gasteiger partial charge is 0.317 e. The monoisotopic (exact) mass is 384 g/mol. The lowest BCUT2D eigenvalue weighted by molar-refractivity contribution is 0.172. The third kappa shape index (κ3) is 4.35. The number of sulfonamides is 1. The molecule has 0 aliphatic carbocycles. The van der Waals surface area contributed by atoms with Crippen LogP contribution in [0.5, 0.6) is 0 Å². The number of carbonyl (C=O) groups is 1. The third-order valence-corrected chi connectivity index (χ3v) is 6.98. The predicted molar refractivity (Wildman–Crippen MR) is 97.3 cm³/mol. The first-order valence-electron chi connectivity index (χ1n) is 9.43. The lowest BCUT2D eigenvalue weighted by atomic mass is 10.2. The fraction of sp³-hybridized carbons (Fsp3) is 0.812. The van der Waals surface area contributed by atoms with Crippen molar-refractivity contribution in [1.29, 1.82) is 0 Å². The molecule has 10 heteroatoms. The van der Waals surface area contributed by atoms with Crippen molar-refractivity contribution < 1.29 is 13.2 Å². The van der Waals surface area contributed by atoms with Crippen LogP contribution in [0.15, 0.2) is 0 Å². The van der Waals surface area contributed by atoms with Crippen LogP contribution < -0.4 is 5.32 Å². The van der Waals surface area contributed by atoms with Gasteiger partial charge in [0, 0.05) is 52.1 Å². The SMILES string of the molecule is CCS(=O)(=O)N1CCN(C(=O)NCCc2nnc3n2CCCCC3)CC1. The van der Waals surface area contributed by atoms with Gasteiger partial charge < -0.3 is 14.8 Å². The van der Waals surface area contributed by atoms with Crippen LogP contribution in [-0.4, -0.2) is 76.9 Å². The van der Waals surface area contributed by atoms with Crippen molar-refractivity contribution in [2.45, 2.75) is 45.6 Å². The Morgan fingerprint density at radius 1 is 1.08 bits per heavy atom. The average Bonchev–Trinajstić information content (AvgIpc) is 2.88. The van der Waals surface area contributed by atoms with Crippen LogP contribution in [0.4, 0.5) is 4.79 Å². The molecule has 2 amide bonds. The van der Waals surface area contributed by atoms with Gasteiger partial charge in [0.2, 0.25) is 10.0 Å². The summed E-state index contributed by atoms with van der Waals surface area (Å²) in [4.78, 5) is 14.0. The van der Waals surface area contributed by atoms with Crippen molar-refractivity contribution in [2.75, 3.05) is 38.5 Å². The van der Waals surface area contributed by atoms with Crippen LogP contribution in [0.1, 0.15) is 37.8 Å². The molecule has 0 atom stereocenters. The van der Waals surface area contributed by atoms with Crippen LogP contribution in [0.2, 0.25) is 0 Å². The van der Waals surface area contributed by atoms with Gasteiger partial charge in [0.15, 0.2) is 0 Å². The summed E-state index contributed by atoms with van der Waals surface area (Å²) in [6.45, 7) is 4.67. The number of aryl methyl sites for hydroxylation is 1. The molecule has 1 saturated heterocycles. The molecule has 1 fully saturated rings. The normalized spacial score (nSPS) is 19.0. The Morgan fingerprint density at radius 3 is 2.58 bits per heavy atom. The number of amides is 2. The Labute approximate surface area is 154 Å². The van der Waals surface area contributed by atoms with Gasteiger partial charge in [0.05, 0.1) is 5.75 Å². The second-order valence-electron chi connectivity index (χ2n) is 6.76. The highest BCUT2D eigenvalue weighted by Crippen LogP contribution is 2.14. The van der Waals surface area contributed by atoms with Gasteiger partial charge in [-0.05, 0) is 19.8 Å². The number of rotatable bonds is 5. The molecule has 1 N–H and O–H groups in total. The number of hydrogen-bond donors (Lipinski definition) is 1. The highest BCUT2D eigenvalue weighted by Gasteiger charge is 2.27. The largest absolute Gasteiger partial charge is 0.338 e. The van der Waals surface area contributed by atoms with E-state index in [0.717, 1.165) is 37.5 Å². The maximum absolute atomic E-state index is 12.3. The van der Waals surface area contributed by atoms with Crippen LogP contribution >= 0.6 is 0 Å². The summed E-state index contributed by atoms with van der Waals surface area (Å²) in [5.41, 5.74) is 0. The van der Waals surface area contributed by atoms with E-state index in [1.165, 1.54) is 10.7 Å². The first-order chi connectivity index (χ1) is 12.5. The van der Waals surface area contributed by atoms with E-state index in [2.05, 4.69) is 20.1 Å². The second-order valence-corrected chi connectivity index (χ2v) is 9.02. The topological polar surface area (TPSA) is 100 Å². The molecule has 1 aromatic rings. The van der Waals surface area contributed by atoms with E-state index < -0.39 is 10.0 Å². The van der Waals surface area contributed by atoms with E-state index in [4.69, 9.17) is 0 Å². The molecule has 3 rings (SSSR count). The molecule has 1 aromatic heterocycles. The zero-order valence-corrected chi connectivity index (χ0v) is 16.2. The maximum Gasteiger partial charge on any atom is 0.317 e. The van der Waals surface area contributed by atoms with Crippen molar-refractivity contribution in [1.82, 2.24) is 29.3 Å². The molecule has 0 radical (unpaired) electrons. The molecule has 0 bridgehead atoms. The fourth-order valence-electron chi connectivity index (χ4n) is 3.48. The minimum atomic E-state index is -3.17. The van der Waals surface area contributed by atoms with Gasteiger partial charge in [-0.2, -0.15) is 4.31 Å². The molecule has 3 heterocycles. The molecular weight excluding hydrogens is 356 g/mol. The molecular formula is C16H28N6O3S.